The highest BCUT2D eigenvalue weighted by Gasteiger charge is 2.19. The van der Waals surface area contributed by atoms with Gasteiger partial charge in [0.05, 0.1) is 12.5 Å². The van der Waals surface area contributed by atoms with Gasteiger partial charge in [-0.25, -0.2) is 0 Å². The Hall–Kier alpha value is -2.85. The Balaban J connectivity index is 1.76. The highest BCUT2D eigenvalue weighted by Crippen LogP contribution is 2.21. The molecule has 0 aliphatic carbocycles. The minimum atomic E-state index is -4.04. The van der Waals surface area contributed by atoms with Gasteiger partial charge in [0.1, 0.15) is 10.6 Å². The van der Waals surface area contributed by atoms with Crippen molar-refractivity contribution >= 4 is 16.5 Å². The summed E-state index contributed by atoms with van der Waals surface area (Å²) < 4.78 is 35.4. The number of nitriles is 1. The predicted molar refractivity (Wildman–Crippen MR) is 135 cm³/mol. The topological polar surface area (TPSA) is 88.8 Å². The molecule has 0 spiro atoms. The molecule has 0 aliphatic heterocycles. The molecular formula is C27H36N2O4S. The zero-order valence-corrected chi connectivity index (χ0v) is 20.9. The van der Waals surface area contributed by atoms with E-state index < -0.39 is 10.1 Å². The molecule has 184 valence electrons. The van der Waals surface area contributed by atoms with Crippen LogP contribution in [0.4, 0.5) is 0 Å². The van der Waals surface area contributed by atoms with Gasteiger partial charge >= 0.3 is 10.1 Å². The van der Waals surface area contributed by atoms with Gasteiger partial charge in [0.2, 0.25) is 6.40 Å². The van der Waals surface area contributed by atoms with Crippen molar-refractivity contribution in [2.24, 2.45) is 5.16 Å². The van der Waals surface area contributed by atoms with Crippen LogP contribution in [0.1, 0.15) is 82.3 Å². The van der Waals surface area contributed by atoms with Crippen LogP contribution in [0.2, 0.25) is 0 Å². The molecule has 0 radical (unpaired) electrons. The first-order chi connectivity index (χ1) is 16.6. The third-order valence-corrected chi connectivity index (χ3v) is 6.84. The number of oxime groups is 1. The quantitative estimate of drug-likeness (QED) is 0.105. The molecule has 7 heteroatoms. The number of ether oxygens (including phenoxy) is 1. The zero-order chi connectivity index (χ0) is 24.5. The smallest absolute Gasteiger partial charge is 0.358 e. The Morgan fingerprint density at radius 2 is 1.50 bits per heavy atom. The highest BCUT2D eigenvalue weighted by atomic mass is 32.2. The van der Waals surface area contributed by atoms with Crippen LogP contribution < -0.4 is 4.74 Å². The number of benzene rings is 2. The van der Waals surface area contributed by atoms with Gasteiger partial charge in [0.25, 0.3) is 0 Å². The first-order valence-electron chi connectivity index (χ1n) is 12.2. The third-order valence-electron chi connectivity index (χ3n) is 5.62. The van der Waals surface area contributed by atoms with Gasteiger partial charge in [-0.05, 0) is 47.3 Å². The molecule has 0 amide bonds. The van der Waals surface area contributed by atoms with Crippen molar-refractivity contribution in [3.05, 3.63) is 59.7 Å². The van der Waals surface area contributed by atoms with E-state index >= 15 is 0 Å². The monoisotopic (exact) mass is 484 g/mol. The molecule has 34 heavy (non-hydrogen) atoms. The van der Waals surface area contributed by atoms with E-state index in [1.165, 1.54) is 51.4 Å². The second kappa shape index (κ2) is 15.9. The molecule has 6 nitrogen and oxygen atoms in total. The van der Waals surface area contributed by atoms with Gasteiger partial charge in [-0.2, -0.15) is 13.7 Å². The van der Waals surface area contributed by atoms with E-state index in [1.807, 2.05) is 12.1 Å². The van der Waals surface area contributed by atoms with Crippen LogP contribution >= 0.6 is 0 Å². The maximum Gasteiger partial charge on any atom is 0.358 e. The number of rotatable bonds is 17. The lowest BCUT2D eigenvalue weighted by Gasteiger charge is -2.08. The van der Waals surface area contributed by atoms with Crippen molar-refractivity contribution in [2.75, 3.05) is 0 Å². The molecule has 0 saturated heterocycles. The van der Waals surface area contributed by atoms with E-state index in [0.717, 1.165) is 30.4 Å². The van der Waals surface area contributed by atoms with Crippen molar-refractivity contribution in [1.82, 2.24) is 0 Å². The summed E-state index contributed by atoms with van der Waals surface area (Å²) in [6.07, 6.45) is 14.3. The molecule has 0 heterocycles. The summed E-state index contributed by atoms with van der Waals surface area (Å²) in [4.78, 5) is 0.143. The van der Waals surface area contributed by atoms with Gasteiger partial charge in [-0.3, -0.25) is 4.28 Å². The average Bonchev–Trinajstić information content (AvgIpc) is 2.84. The molecular weight excluding hydrogens is 448 g/mol. The molecule has 0 atom stereocenters. The molecule has 2 rings (SSSR count). The maximum atomic E-state index is 12.6. The summed E-state index contributed by atoms with van der Waals surface area (Å²) >= 11 is 0. The summed E-state index contributed by atoms with van der Waals surface area (Å²) in [6, 6.07) is 15.8. The van der Waals surface area contributed by atoms with E-state index in [-0.39, 0.29) is 4.90 Å². The van der Waals surface area contributed by atoms with Crippen LogP contribution in [-0.4, -0.2) is 14.8 Å². The number of unbranched alkanes of at least 4 members (excludes halogenated alkanes) is 9. The van der Waals surface area contributed by atoms with Gasteiger partial charge in [-0.1, -0.05) is 95.0 Å². The van der Waals surface area contributed by atoms with Crippen molar-refractivity contribution < 1.29 is 17.4 Å². The Kier molecular flexibility index (Phi) is 12.8. The van der Waals surface area contributed by atoms with Crippen molar-refractivity contribution in [2.45, 2.75) is 88.9 Å². The first-order valence-corrected chi connectivity index (χ1v) is 13.6. The molecule has 0 bridgehead atoms. The Labute approximate surface area is 204 Å². The second-order valence-electron chi connectivity index (χ2n) is 8.38. The molecule has 2 aromatic rings. The fourth-order valence-corrected chi connectivity index (χ4v) is 4.70. The number of aryl methyl sites for hydroxylation is 1. The van der Waals surface area contributed by atoms with Crippen LogP contribution in [-0.2, 0) is 27.2 Å². The average molecular weight is 485 g/mol. The van der Waals surface area contributed by atoms with E-state index in [0.29, 0.717) is 18.6 Å². The molecule has 2 aromatic carbocycles. The molecule has 0 fully saturated rings. The zero-order valence-electron chi connectivity index (χ0n) is 20.1. The van der Waals surface area contributed by atoms with E-state index in [9.17, 15) is 8.42 Å². The lowest BCUT2D eigenvalue weighted by molar-refractivity contribution is 0.330. The second-order valence-corrected chi connectivity index (χ2v) is 9.87. The maximum absolute atomic E-state index is 12.6. The highest BCUT2D eigenvalue weighted by molar-refractivity contribution is 7.86. The van der Waals surface area contributed by atoms with E-state index in [4.69, 9.17) is 14.3 Å². The van der Waals surface area contributed by atoms with Gasteiger partial charge < -0.3 is 4.74 Å². The SMILES string of the molecule is CCCCCCCCCCCCc1ccccc1S(=O)(=O)ON=COc1ccc(CC#N)cc1. The number of nitrogens with zero attached hydrogens (tertiary/aromatic N) is 2. The summed E-state index contributed by atoms with van der Waals surface area (Å²) in [5, 5.41) is 12.2. The summed E-state index contributed by atoms with van der Waals surface area (Å²) in [6.45, 7) is 2.23. The Morgan fingerprint density at radius 3 is 2.15 bits per heavy atom. The van der Waals surface area contributed by atoms with Crippen LogP contribution in [0, 0.1) is 11.3 Å². The normalized spacial score (nSPS) is 11.4. The van der Waals surface area contributed by atoms with Crippen molar-refractivity contribution in [3.63, 3.8) is 0 Å². The standard InChI is InChI=1S/C27H36N2O4S/c1-2-3-4-5-6-7-8-9-10-11-14-25-15-12-13-16-27(25)34(30,31)33-29-23-32-26-19-17-24(18-20-26)21-22-28/h12-13,15-20,23H,2-11,14,21H2,1H3. The largest absolute Gasteiger partial charge is 0.442 e. The first kappa shape index (κ1) is 27.4. The summed E-state index contributed by atoms with van der Waals surface area (Å²) in [5.41, 5.74) is 1.61. The van der Waals surface area contributed by atoms with Crippen LogP contribution in [0.25, 0.3) is 0 Å². The van der Waals surface area contributed by atoms with Gasteiger partial charge in [0.15, 0.2) is 0 Å². The fourth-order valence-electron chi connectivity index (χ4n) is 3.73. The summed E-state index contributed by atoms with van der Waals surface area (Å²) in [5.74, 6) is 0.466. The van der Waals surface area contributed by atoms with E-state index in [1.54, 1.807) is 36.4 Å². The van der Waals surface area contributed by atoms with Gasteiger partial charge in [0, 0.05) is 0 Å². The van der Waals surface area contributed by atoms with Crippen LogP contribution in [0.5, 0.6) is 5.75 Å². The predicted octanol–water partition coefficient (Wildman–Crippen LogP) is 6.94. The fraction of sp³-hybridized carbons (Fsp3) is 0.481. The van der Waals surface area contributed by atoms with Crippen molar-refractivity contribution in [3.8, 4) is 11.8 Å². The molecule has 0 saturated carbocycles. The van der Waals surface area contributed by atoms with E-state index in [2.05, 4.69) is 18.1 Å². The summed E-state index contributed by atoms with van der Waals surface area (Å²) in [7, 11) is -4.04. The Morgan fingerprint density at radius 1 is 0.882 bits per heavy atom. The minimum Gasteiger partial charge on any atom is -0.442 e. The Bertz CT molecular complexity index is 1010. The molecule has 0 aromatic heterocycles. The van der Waals surface area contributed by atoms with Crippen LogP contribution in [0.15, 0.2) is 58.6 Å². The number of hydrogen-bond donors (Lipinski definition) is 0. The number of hydrogen-bond acceptors (Lipinski definition) is 6. The minimum absolute atomic E-state index is 0.143. The lowest BCUT2D eigenvalue weighted by Crippen LogP contribution is -2.07. The third kappa shape index (κ3) is 10.4. The lowest BCUT2D eigenvalue weighted by atomic mass is 10.0. The van der Waals surface area contributed by atoms with Crippen molar-refractivity contribution in [1.29, 1.82) is 5.26 Å². The van der Waals surface area contributed by atoms with Crippen LogP contribution in [0.3, 0.4) is 0 Å². The molecule has 0 unspecified atom stereocenters. The molecule has 0 aliphatic rings. The van der Waals surface area contributed by atoms with Gasteiger partial charge in [-0.15, -0.1) is 0 Å². The molecule has 0 N–H and O–H groups in total.